The number of nitrogens with zero attached hydrogens (tertiary/aromatic N) is 4. The van der Waals surface area contributed by atoms with Gasteiger partial charge < -0.3 is 9.88 Å². The number of benzene rings is 2. The fourth-order valence-electron chi connectivity index (χ4n) is 4.10. The highest BCUT2D eigenvalue weighted by Gasteiger charge is 2.18. The van der Waals surface area contributed by atoms with E-state index in [1.807, 2.05) is 54.6 Å². The van der Waals surface area contributed by atoms with Crippen LogP contribution in [0.4, 0.5) is 0 Å². The molecule has 0 atom stereocenters. The molecule has 0 saturated heterocycles. The molecule has 1 aliphatic rings. The van der Waals surface area contributed by atoms with Gasteiger partial charge in [-0.3, -0.25) is 4.79 Å². The molecule has 2 aromatic carbocycles. The van der Waals surface area contributed by atoms with E-state index in [2.05, 4.69) is 20.1 Å². The second kappa shape index (κ2) is 8.47. The molecule has 6 nitrogen and oxygen atoms in total. The zero-order valence-corrected chi connectivity index (χ0v) is 17.8. The molecule has 156 valence electrons. The molecule has 0 spiro atoms. The number of para-hydroxylation sites is 1. The number of carbonyl (C=O) groups is 1. The fraction of sp³-hybridized carbons (Fsp3) is 0.250. The van der Waals surface area contributed by atoms with Gasteiger partial charge >= 0.3 is 0 Å². The van der Waals surface area contributed by atoms with E-state index in [0.717, 1.165) is 53.9 Å². The minimum absolute atomic E-state index is 0.169. The molecule has 4 aromatic rings. The highest BCUT2D eigenvalue weighted by Crippen LogP contribution is 2.29. The molecule has 0 radical (unpaired) electrons. The van der Waals surface area contributed by atoms with Crippen LogP contribution in [-0.2, 0) is 19.5 Å². The summed E-state index contributed by atoms with van der Waals surface area (Å²) in [6.07, 6.45) is 4.39. The highest BCUT2D eigenvalue weighted by molar-refractivity contribution is 6.33. The number of hydrogen-bond acceptors (Lipinski definition) is 4. The van der Waals surface area contributed by atoms with Gasteiger partial charge in [0.25, 0.3) is 5.91 Å². The van der Waals surface area contributed by atoms with Crippen molar-refractivity contribution in [3.05, 3.63) is 76.8 Å². The van der Waals surface area contributed by atoms with Gasteiger partial charge in [0.15, 0.2) is 5.82 Å². The first kappa shape index (κ1) is 19.7. The molecule has 0 fully saturated rings. The van der Waals surface area contributed by atoms with Crippen LogP contribution in [0, 0.1) is 0 Å². The maximum absolute atomic E-state index is 13.2. The first-order valence-corrected chi connectivity index (χ1v) is 10.9. The van der Waals surface area contributed by atoms with Crippen LogP contribution < -0.4 is 5.32 Å². The number of carbonyl (C=O) groups excluding carboxylic acids is 1. The molecule has 0 bridgehead atoms. The number of hydrogen-bond donors (Lipinski definition) is 1. The number of aromatic nitrogens is 4. The summed E-state index contributed by atoms with van der Waals surface area (Å²) < 4.78 is 2.15. The molecule has 1 aliphatic heterocycles. The van der Waals surface area contributed by atoms with Crippen LogP contribution >= 0.6 is 11.6 Å². The highest BCUT2D eigenvalue weighted by atomic mass is 35.5. The first-order chi connectivity index (χ1) is 15.2. The van der Waals surface area contributed by atoms with E-state index in [4.69, 9.17) is 16.6 Å². The summed E-state index contributed by atoms with van der Waals surface area (Å²) in [5, 5.41) is 13.1. The minimum Gasteiger partial charge on any atom is -0.345 e. The Hall–Kier alpha value is -3.25. The van der Waals surface area contributed by atoms with E-state index in [1.54, 1.807) is 0 Å². The lowest BCUT2D eigenvalue weighted by Gasteiger charge is -2.12. The molecule has 3 heterocycles. The van der Waals surface area contributed by atoms with Crippen LogP contribution in [0.5, 0.6) is 0 Å². The zero-order chi connectivity index (χ0) is 21.2. The lowest BCUT2D eigenvalue weighted by molar-refractivity contribution is 0.0951. The van der Waals surface area contributed by atoms with Crippen LogP contribution in [0.25, 0.3) is 22.2 Å². The van der Waals surface area contributed by atoms with E-state index < -0.39 is 0 Å². The van der Waals surface area contributed by atoms with Crippen molar-refractivity contribution in [3.63, 3.8) is 0 Å². The minimum atomic E-state index is -0.169. The number of rotatable bonds is 4. The smallest absolute Gasteiger partial charge is 0.252 e. The van der Waals surface area contributed by atoms with E-state index in [-0.39, 0.29) is 5.91 Å². The Bertz CT molecular complexity index is 1270. The summed E-state index contributed by atoms with van der Waals surface area (Å²) in [6.45, 7) is 1.24. The van der Waals surface area contributed by atoms with Gasteiger partial charge in [-0.1, -0.05) is 54.4 Å². The number of fused-ring (bicyclic) bond motifs is 2. The average molecular weight is 432 g/mol. The predicted octanol–water partition coefficient (Wildman–Crippen LogP) is 4.80. The van der Waals surface area contributed by atoms with Crippen molar-refractivity contribution in [1.82, 2.24) is 25.1 Å². The third kappa shape index (κ3) is 3.91. The van der Waals surface area contributed by atoms with Crippen molar-refractivity contribution in [3.8, 4) is 11.3 Å². The average Bonchev–Trinajstić information content (AvgIpc) is 3.02. The number of amides is 1. The zero-order valence-electron chi connectivity index (χ0n) is 17.0. The maximum Gasteiger partial charge on any atom is 0.252 e. The third-order valence-electron chi connectivity index (χ3n) is 5.70. The summed E-state index contributed by atoms with van der Waals surface area (Å²) in [5.41, 5.74) is 2.79. The van der Waals surface area contributed by atoms with Gasteiger partial charge in [-0.15, -0.1) is 10.2 Å². The van der Waals surface area contributed by atoms with Crippen LogP contribution in [0.15, 0.2) is 54.6 Å². The number of halogens is 1. The number of pyridine rings is 1. The molecule has 0 unspecified atom stereocenters. The second-order valence-corrected chi connectivity index (χ2v) is 8.14. The molecule has 0 aliphatic carbocycles. The van der Waals surface area contributed by atoms with Crippen LogP contribution in [0.2, 0.25) is 5.02 Å². The van der Waals surface area contributed by atoms with Crippen LogP contribution in [0.3, 0.4) is 0 Å². The van der Waals surface area contributed by atoms with Crippen molar-refractivity contribution in [2.45, 2.75) is 38.8 Å². The molecular formula is C24H22ClN5O. The van der Waals surface area contributed by atoms with Crippen LogP contribution in [0.1, 0.15) is 41.3 Å². The Labute approximate surface area is 185 Å². The number of nitrogens with one attached hydrogen (secondary N) is 1. The second-order valence-electron chi connectivity index (χ2n) is 7.73. The van der Waals surface area contributed by atoms with E-state index in [9.17, 15) is 4.79 Å². The normalized spacial score (nSPS) is 13.6. The molecule has 0 saturated carbocycles. The Morgan fingerprint density at radius 1 is 1.03 bits per heavy atom. The van der Waals surface area contributed by atoms with E-state index in [0.29, 0.717) is 22.8 Å². The van der Waals surface area contributed by atoms with Gasteiger partial charge in [-0.25, -0.2) is 4.98 Å². The van der Waals surface area contributed by atoms with Gasteiger partial charge in [-0.05, 0) is 31.0 Å². The van der Waals surface area contributed by atoms with Gasteiger partial charge in [-0.2, -0.15) is 0 Å². The summed E-state index contributed by atoms with van der Waals surface area (Å²) in [4.78, 5) is 18.0. The lowest BCUT2D eigenvalue weighted by Crippen LogP contribution is -2.25. The summed E-state index contributed by atoms with van der Waals surface area (Å²) >= 11 is 6.39. The van der Waals surface area contributed by atoms with Gasteiger partial charge in [0.05, 0.1) is 23.3 Å². The van der Waals surface area contributed by atoms with Crippen LogP contribution in [-0.4, -0.2) is 25.7 Å². The summed E-state index contributed by atoms with van der Waals surface area (Å²) in [5.74, 6) is 1.64. The van der Waals surface area contributed by atoms with E-state index >= 15 is 0 Å². The maximum atomic E-state index is 13.2. The number of aryl methyl sites for hydroxylation is 1. The lowest BCUT2D eigenvalue weighted by atomic mass is 10.0. The van der Waals surface area contributed by atoms with Crippen molar-refractivity contribution in [2.75, 3.05) is 0 Å². The first-order valence-electron chi connectivity index (χ1n) is 10.5. The quantitative estimate of drug-likeness (QED) is 0.503. The summed E-state index contributed by atoms with van der Waals surface area (Å²) in [7, 11) is 0. The molecule has 5 rings (SSSR count). The SMILES string of the molecule is O=C(NCc1nnc2n1CCCCC2)c1cc(-c2ccccc2Cl)nc2ccccc12. The molecule has 7 heteroatoms. The predicted molar refractivity (Wildman–Crippen MR) is 121 cm³/mol. The standard InChI is InChI=1S/C24H22ClN5O/c25-19-10-5-3-9-17(19)21-14-18(16-8-4-6-11-20(16)27-21)24(31)26-15-23-29-28-22-12-2-1-7-13-30(22)23/h3-6,8-11,14H,1-2,7,12-13,15H2,(H,26,31). The van der Waals surface area contributed by atoms with Gasteiger partial charge in [0.1, 0.15) is 5.82 Å². The molecule has 31 heavy (non-hydrogen) atoms. The van der Waals surface area contributed by atoms with Gasteiger partial charge in [0, 0.05) is 28.9 Å². The third-order valence-corrected chi connectivity index (χ3v) is 6.03. The van der Waals surface area contributed by atoms with E-state index in [1.165, 1.54) is 6.42 Å². The van der Waals surface area contributed by atoms with Crippen molar-refractivity contribution < 1.29 is 4.79 Å². The molecule has 1 amide bonds. The molecule has 1 N–H and O–H groups in total. The van der Waals surface area contributed by atoms with Crippen molar-refractivity contribution in [1.29, 1.82) is 0 Å². The monoisotopic (exact) mass is 431 g/mol. The molecule has 2 aromatic heterocycles. The fourth-order valence-corrected chi connectivity index (χ4v) is 4.33. The van der Waals surface area contributed by atoms with Gasteiger partial charge in [0.2, 0.25) is 0 Å². The van der Waals surface area contributed by atoms with Crippen molar-refractivity contribution >= 4 is 28.4 Å². The summed E-state index contributed by atoms with van der Waals surface area (Å²) in [6, 6.07) is 17.0. The Morgan fingerprint density at radius 2 is 1.87 bits per heavy atom. The van der Waals surface area contributed by atoms with Crippen molar-refractivity contribution in [2.24, 2.45) is 0 Å². The Balaban J connectivity index is 1.47. The Morgan fingerprint density at radius 3 is 2.77 bits per heavy atom. The topological polar surface area (TPSA) is 72.7 Å². The Kier molecular flexibility index (Phi) is 5.38. The molecular weight excluding hydrogens is 410 g/mol. The largest absolute Gasteiger partial charge is 0.345 e.